The summed E-state index contributed by atoms with van der Waals surface area (Å²) in [5.41, 5.74) is 11.0. The lowest BCUT2D eigenvalue weighted by Crippen LogP contribution is -1.98. The summed E-state index contributed by atoms with van der Waals surface area (Å²) in [6.07, 6.45) is 2.04. The predicted molar refractivity (Wildman–Crippen MR) is 94.3 cm³/mol. The molecule has 0 amide bonds. The van der Waals surface area contributed by atoms with Crippen molar-refractivity contribution in [2.24, 2.45) is 0 Å². The molecule has 4 aromatic rings. The molecule has 0 spiro atoms. The Morgan fingerprint density at radius 3 is 2.70 bits per heavy atom. The van der Waals surface area contributed by atoms with Crippen molar-refractivity contribution < 1.29 is 4.74 Å². The molecular formula is C19H17N3O. The molecule has 0 atom stereocenters. The molecule has 4 nitrogen and oxygen atoms in total. The lowest BCUT2D eigenvalue weighted by molar-refractivity contribution is 0.417. The van der Waals surface area contributed by atoms with Gasteiger partial charge < -0.3 is 15.0 Å². The molecule has 0 unspecified atom stereocenters. The first-order valence-electron chi connectivity index (χ1n) is 7.49. The molecule has 2 heterocycles. The van der Waals surface area contributed by atoms with Gasteiger partial charge in [-0.1, -0.05) is 18.2 Å². The van der Waals surface area contributed by atoms with E-state index < -0.39 is 0 Å². The van der Waals surface area contributed by atoms with Gasteiger partial charge in [0.1, 0.15) is 5.75 Å². The Balaban J connectivity index is 2.06. The maximum Gasteiger partial charge on any atom is 0.142 e. The van der Waals surface area contributed by atoms with Gasteiger partial charge in [-0.25, -0.2) is 0 Å². The molecule has 0 bridgehead atoms. The van der Waals surface area contributed by atoms with Gasteiger partial charge in [0.15, 0.2) is 0 Å². The lowest BCUT2D eigenvalue weighted by atomic mass is 10.1. The van der Waals surface area contributed by atoms with Crippen molar-refractivity contribution in [1.82, 2.24) is 9.55 Å². The summed E-state index contributed by atoms with van der Waals surface area (Å²) in [7, 11) is 1.63. The number of pyridine rings is 1. The topological polar surface area (TPSA) is 53.1 Å². The molecule has 0 radical (unpaired) electrons. The number of methoxy groups -OCH3 is 1. The highest BCUT2D eigenvalue weighted by Crippen LogP contribution is 2.34. The van der Waals surface area contributed by atoms with E-state index in [4.69, 9.17) is 10.5 Å². The van der Waals surface area contributed by atoms with Gasteiger partial charge in [-0.3, -0.25) is 4.98 Å². The molecule has 2 aromatic heterocycles. The van der Waals surface area contributed by atoms with Crippen LogP contribution in [0.15, 0.2) is 54.7 Å². The van der Waals surface area contributed by atoms with Crippen LogP contribution in [0.1, 0.15) is 5.69 Å². The van der Waals surface area contributed by atoms with Crippen LogP contribution in [0.25, 0.3) is 27.5 Å². The van der Waals surface area contributed by atoms with Gasteiger partial charge in [-0.05, 0) is 37.3 Å². The number of hydrogen-bond acceptors (Lipinski definition) is 3. The Kier molecular flexibility index (Phi) is 2.98. The summed E-state index contributed by atoms with van der Waals surface area (Å²) < 4.78 is 7.47. The molecule has 4 rings (SSSR count). The van der Waals surface area contributed by atoms with Gasteiger partial charge >= 0.3 is 0 Å². The van der Waals surface area contributed by atoms with Crippen molar-refractivity contribution >= 4 is 27.5 Å². The number of nitrogens with two attached hydrogens (primary N) is 1. The summed E-state index contributed by atoms with van der Waals surface area (Å²) >= 11 is 0. The number of anilines is 1. The number of aromatic nitrogens is 2. The Bertz CT molecular complexity index is 1030. The second-order valence-electron chi connectivity index (χ2n) is 5.60. The van der Waals surface area contributed by atoms with E-state index in [1.807, 2.05) is 49.5 Å². The average molecular weight is 303 g/mol. The highest BCUT2D eigenvalue weighted by molar-refractivity contribution is 5.97. The van der Waals surface area contributed by atoms with Crippen molar-refractivity contribution in [1.29, 1.82) is 0 Å². The van der Waals surface area contributed by atoms with Crippen LogP contribution in [0.5, 0.6) is 5.75 Å². The van der Waals surface area contributed by atoms with Gasteiger partial charge in [0.2, 0.25) is 0 Å². The largest absolute Gasteiger partial charge is 0.495 e. The first kappa shape index (κ1) is 13.6. The van der Waals surface area contributed by atoms with Gasteiger partial charge in [0.05, 0.1) is 29.5 Å². The molecule has 2 N–H and O–H groups in total. The molecule has 0 aliphatic rings. The smallest absolute Gasteiger partial charge is 0.142 e. The van der Waals surface area contributed by atoms with Crippen LogP contribution in [0.4, 0.5) is 5.69 Å². The quantitative estimate of drug-likeness (QED) is 0.568. The molecule has 0 aliphatic heterocycles. The van der Waals surface area contributed by atoms with E-state index >= 15 is 0 Å². The maximum atomic E-state index is 6.21. The average Bonchev–Trinajstić information content (AvgIpc) is 2.99. The Hall–Kier alpha value is -3.01. The van der Waals surface area contributed by atoms with Crippen molar-refractivity contribution in [2.75, 3.05) is 12.8 Å². The van der Waals surface area contributed by atoms with Gasteiger partial charge in [0.25, 0.3) is 0 Å². The third kappa shape index (κ3) is 2.03. The lowest BCUT2D eigenvalue weighted by Gasteiger charge is -2.12. The number of nitrogen functional groups attached to an aromatic ring is 1. The minimum atomic E-state index is 0.666. The number of para-hydroxylation sites is 1. The number of hydrogen-bond donors (Lipinski definition) is 1. The second-order valence-corrected chi connectivity index (χ2v) is 5.60. The summed E-state index contributed by atoms with van der Waals surface area (Å²) in [6.45, 7) is 2.01. The zero-order valence-electron chi connectivity index (χ0n) is 13.1. The van der Waals surface area contributed by atoms with Crippen LogP contribution in [0, 0.1) is 6.92 Å². The van der Waals surface area contributed by atoms with Crippen LogP contribution in [-0.2, 0) is 0 Å². The predicted octanol–water partition coefficient (Wildman–Crippen LogP) is 4.08. The molecule has 4 heteroatoms. The molecule has 23 heavy (non-hydrogen) atoms. The van der Waals surface area contributed by atoms with Crippen LogP contribution >= 0.6 is 0 Å². The van der Waals surface area contributed by atoms with Crippen molar-refractivity contribution in [3.63, 3.8) is 0 Å². The number of nitrogens with zero attached hydrogens (tertiary/aromatic N) is 2. The summed E-state index contributed by atoms with van der Waals surface area (Å²) in [4.78, 5) is 4.61. The van der Waals surface area contributed by atoms with Crippen LogP contribution in [0.2, 0.25) is 0 Å². The highest BCUT2D eigenvalue weighted by atomic mass is 16.5. The minimum Gasteiger partial charge on any atom is -0.495 e. The number of fused-ring (bicyclic) bond motifs is 2. The van der Waals surface area contributed by atoms with E-state index in [2.05, 4.69) is 21.7 Å². The maximum absolute atomic E-state index is 6.21. The summed E-state index contributed by atoms with van der Waals surface area (Å²) in [5.74, 6) is 0.700. The number of ether oxygens (including phenoxy) is 1. The van der Waals surface area contributed by atoms with E-state index in [1.54, 1.807) is 7.11 Å². The fraction of sp³-hybridized carbons (Fsp3) is 0.105. The molecule has 0 aliphatic carbocycles. The van der Waals surface area contributed by atoms with Crippen LogP contribution in [0.3, 0.4) is 0 Å². The molecule has 0 saturated carbocycles. The molecule has 114 valence electrons. The van der Waals surface area contributed by atoms with E-state index in [9.17, 15) is 0 Å². The monoisotopic (exact) mass is 303 g/mol. The first-order valence-corrected chi connectivity index (χ1v) is 7.49. The molecule has 0 fully saturated rings. The van der Waals surface area contributed by atoms with Crippen molar-refractivity contribution in [3.05, 3.63) is 60.4 Å². The fourth-order valence-electron chi connectivity index (χ4n) is 3.09. The fourth-order valence-corrected chi connectivity index (χ4v) is 3.09. The third-order valence-electron chi connectivity index (χ3n) is 4.18. The first-order chi connectivity index (χ1) is 11.2. The van der Waals surface area contributed by atoms with Crippen LogP contribution in [-0.4, -0.2) is 16.7 Å². The standard InChI is InChI=1S/C19H17N3O/c1-12-11-17(13-5-3-4-6-15(13)21-12)22-10-9-14-16(22)7-8-18(23-2)19(14)20/h3-11H,20H2,1-2H3. The zero-order valence-corrected chi connectivity index (χ0v) is 13.1. The third-order valence-corrected chi connectivity index (χ3v) is 4.18. The molecular weight excluding hydrogens is 286 g/mol. The van der Waals surface area contributed by atoms with E-state index in [1.165, 1.54) is 0 Å². The van der Waals surface area contributed by atoms with Crippen LogP contribution < -0.4 is 10.5 Å². The Morgan fingerprint density at radius 2 is 1.87 bits per heavy atom. The highest BCUT2D eigenvalue weighted by Gasteiger charge is 2.12. The summed E-state index contributed by atoms with van der Waals surface area (Å²) in [6, 6.07) is 16.2. The number of aryl methyl sites for hydroxylation is 1. The Labute approximate surface area is 134 Å². The normalized spacial score (nSPS) is 11.2. The van der Waals surface area contributed by atoms with E-state index in [0.29, 0.717) is 11.4 Å². The van der Waals surface area contributed by atoms with E-state index in [0.717, 1.165) is 33.2 Å². The summed E-state index contributed by atoms with van der Waals surface area (Å²) in [5, 5.41) is 2.10. The number of benzene rings is 2. The molecule has 2 aromatic carbocycles. The van der Waals surface area contributed by atoms with Crippen molar-refractivity contribution in [2.45, 2.75) is 6.92 Å². The van der Waals surface area contributed by atoms with Gasteiger partial charge in [-0.2, -0.15) is 0 Å². The van der Waals surface area contributed by atoms with E-state index in [-0.39, 0.29) is 0 Å². The Morgan fingerprint density at radius 1 is 1.04 bits per heavy atom. The molecule has 0 saturated heterocycles. The number of rotatable bonds is 2. The second kappa shape index (κ2) is 5.02. The van der Waals surface area contributed by atoms with Gasteiger partial charge in [0, 0.05) is 22.7 Å². The zero-order chi connectivity index (χ0) is 16.0. The van der Waals surface area contributed by atoms with Crippen molar-refractivity contribution in [3.8, 4) is 11.4 Å². The SMILES string of the molecule is COc1ccc2c(ccn2-c2cc(C)nc3ccccc23)c1N. The van der Waals surface area contributed by atoms with Gasteiger partial charge in [-0.15, -0.1) is 0 Å². The minimum absolute atomic E-state index is 0.666.